The van der Waals surface area contributed by atoms with Crippen molar-refractivity contribution in [1.29, 1.82) is 0 Å². The van der Waals surface area contributed by atoms with Crippen LogP contribution in [0.15, 0.2) is 47.4 Å². The average Bonchev–Trinajstić information content (AvgIpc) is 2.63. The normalized spacial score (nSPS) is 11.7. The molecule has 9 nitrogen and oxygen atoms in total. The fourth-order valence-electron chi connectivity index (χ4n) is 2.27. The first-order chi connectivity index (χ1) is 13.9. The Balaban J connectivity index is 2.21. The lowest BCUT2D eigenvalue weighted by Crippen LogP contribution is -2.40. The smallest absolute Gasteiger partial charge is 0.416 e. The predicted molar refractivity (Wildman–Crippen MR) is 106 cm³/mol. The van der Waals surface area contributed by atoms with Crippen LogP contribution in [0, 0.1) is 5.82 Å². The number of carbonyl (C=O) groups is 2. The van der Waals surface area contributed by atoms with E-state index in [9.17, 15) is 22.4 Å². The van der Waals surface area contributed by atoms with Crippen LogP contribution in [0.4, 0.5) is 15.0 Å². The molecule has 30 heavy (non-hydrogen) atoms. The fourth-order valence-corrected chi connectivity index (χ4v) is 3.27. The first kappa shape index (κ1) is 23.2. The highest BCUT2D eigenvalue weighted by Gasteiger charge is 2.26. The molecule has 1 heterocycles. The lowest BCUT2D eigenvalue weighted by atomic mass is 10.2. The maximum atomic E-state index is 13.0. The quantitative estimate of drug-likeness (QED) is 0.679. The van der Waals surface area contributed by atoms with E-state index in [-0.39, 0.29) is 23.0 Å². The van der Waals surface area contributed by atoms with Crippen molar-refractivity contribution < 1.29 is 32.2 Å². The zero-order valence-electron chi connectivity index (χ0n) is 16.6. The first-order valence-electron chi connectivity index (χ1n) is 8.81. The number of hydrogen-bond acceptors (Lipinski definition) is 6. The zero-order valence-corrected chi connectivity index (χ0v) is 17.4. The Labute approximate surface area is 173 Å². The van der Waals surface area contributed by atoms with Gasteiger partial charge in [-0.1, -0.05) is 6.07 Å². The SMILES string of the molecule is CC(C)(C)OC(=O)N(CC(=O)O)c1cccc(CNS(=O)(=O)c2ccc(F)cc2)n1. The van der Waals surface area contributed by atoms with Gasteiger partial charge in [-0.15, -0.1) is 0 Å². The molecule has 11 heteroatoms. The second-order valence-corrected chi connectivity index (χ2v) is 8.99. The molecule has 2 rings (SSSR count). The van der Waals surface area contributed by atoms with E-state index in [1.807, 2.05) is 0 Å². The summed E-state index contributed by atoms with van der Waals surface area (Å²) in [5, 5.41) is 9.12. The van der Waals surface area contributed by atoms with Gasteiger partial charge in [-0.25, -0.2) is 27.3 Å². The van der Waals surface area contributed by atoms with Gasteiger partial charge in [0.15, 0.2) is 0 Å². The summed E-state index contributed by atoms with van der Waals surface area (Å²) in [4.78, 5) is 28.5. The Kier molecular flexibility index (Phi) is 7.11. The number of halogens is 1. The molecule has 0 saturated heterocycles. The molecule has 2 aromatic rings. The summed E-state index contributed by atoms with van der Waals surface area (Å²) in [6.07, 6.45) is -0.901. The Morgan fingerprint density at radius 1 is 1.17 bits per heavy atom. The number of aliphatic carboxylic acids is 1. The van der Waals surface area contributed by atoms with E-state index in [0.717, 1.165) is 29.2 Å². The van der Waals surface area contributed by atoms with Gasteiger partial charge in [0.25, 0.3) is 0 Å². The van der Waals surface area contributed by atoms with E-state index in [2.05, 4.69) is 9.71 Å². The van der Waals surface area contributed by atoms with Gasteiger partial charge in [0.05, 0.1) is 17.1 Å². The van der Waals surface area contributed by atoms with Gasteiger partial charge in [-0.05, 0) is 57.2 Å². The maximum absolute atomic E-state index is 13.0. The number of nitrogens with zero attached hydrogens (tertiary/aromatic N) is 2. The van der Waals surface area contributed by atoms with Crippen LogP contribution in [0.25, 0.3) is 0 Å². The molecule has 0 aliphatic rings. The third-order valence-corrected chi connectivity index (χ3v) is 4.96. The molecule has 0 saturated carbocycles. The highest BCUT2D eigenvalue weighted by Crippen LogP contribution is 2.17. The van der Waals surface area contributed by atoms with Crippen molar-refractivity contribution in [2.24, 2.45) is 0 Å². The minimum absolute atomic E-state index is 0.00914. The molecule has 0 fully saturated rings. The number of hydrogen-bond donors (Lipinski definition) is 2. The minimum Gasteiger partial charge on any atom is -0.480 e. The standard InChI is InChI=1S/C19H22FN3O6S/c1-19(2,3)29-18(26)23(12-17(24)25)16-6-4-5-14(22-16)11-21-30(27,28)15-9-7-13(20)8-10-15/h4-10,21H,11-12H2,1-3H3,(H,24,25). The average molecular weight is 439 g/mol. The molecule has 162 valence electrons. The molecule has 0 atom stereocenters. The molecule has 0 unspecified atom stereocenters. The first-order valence-corrected chi connectivity index (χ1v) is 10.3. The Hall–Kier alpha value is -3.05. The van der Waals surface area contributed by atoms with Gasteiger partial charge >= 0.3 is 12.1 Å². The highest BCUT2D eigenvalue weighted by molar-refractivity contribution is 7.89. The highest BCUT2D eigenvalue weighted by atomic mass is 32.2. The van der Waals surface area contributed by atoms with Crippen molar-refractivity contribution in [2.75, 3.05) is 11.4 Å². The number of rotatable bonds is 7. The number of aromatic nitrogens is 1. The molecule has 1 aromatic heterocycles. The Morgan fingerprint density at radius 2 is 1.80 bits per heavy atom. The van der Waals surface area contributed by atoms with E-state index in [0.29, 0.717) is 0 Å². The maximum Gasteiger partial charge on any atom is 0.416 e. The van der Waals surface area contributed by atoms with Gasteiger partial charge in [0.1, 0.15) is 23.8 Å². The van der Waals surface area contributed by atoms with Crippen LogP contribution < -0.4 is 9.62 Å². The molecule has 0 spiro atoms. The van der Waals surface area contributed by atoms with Crippen LogP contribution in [0.1, 0.15) is 26.5 Å². The number of benzene rings is 1. The number of nitrogens with one attached hydrogen (secondary N) is 1. The third kappa shape index (κ3) is 6.78. The number of anilines is 1. The number of sulfonamides is 1. The number of carboxylic acid groups (broad SMARTS) is 1. The Morgan fingerprint density at radius 3 is 2.37 bits per heavy atom. The van der Waals surface area contributed by atoms with Crippen LogP contribution >= 0.6 is 0 Å². The van der Waals surface area contributed by atoms with Crippen molar-refractivity contribution in [3.8, 4) is 0 Å². The zero-order chi connectivity index (χ0) is 22.5. The van der Waals surface area contributed by atoms with Crippen LogP contribution in [0.3, 0.4) is 0 Å². The van der Waals surface area contributed by atoms with Crippen molar-refractivity contribution in [1.82, 2.24) is 9.71 Å². The summed E-state index contributed by atoms with van der Waals surface area (Å²) in [5.41, 5.74) is -0.617. The Bertz CT molecular complexity index is 1020. The second kappa shape index (κ2) is 9.18. The van der Waals surface area contributed by atoms with Crippen LogP contribution in [0.5, 0.6) is 0 Å². The molecule has 1 aromatic carbocycles. The molecule has 2 N–H and O–H groups in total. The molecular formula is C19H22FN3O6S. The van der Waals surface area contributed by atoms with Crippen LogP contribution in [-0.2, 0) is 26.1 Å². The largest absolute Gasteiger partial charge is 0.480 e. The summed E-state index contributed by atoms with van der Waals surface area (Å²) in [5.74, 6) is -1.85. The molecule has 0 bridgehead atoms. The molecule has 1 amide bonds. The van der Waals surface area contributed by atoms with E-state index in [1.54, 1.807) is 20.8 Å². The summed E-state index contributed by atoms with van der Waals surface area (Å²) in [6.45, 7) is 3.99. The monoisotopic (exact) mass is 439 g/mol. The fraction of sp³-hybridized carbons (Fsp3) is 0.316. The van der Waals surface area contributed by atoms with Gasteiger partial charge in [0.2, 0.25) is 10.0 Å². The van der Waals surface area contributed by atoms with E-state index < -0.39 is 40.0 Å². The second-order valence-electron chi connectivity index (χ2n) is 7.23. The van der Waals surface area contributed by atoms with E-state index >= 15 is 0 Å². The van der Waals surface area contributed by atoms with Crippen LogP contribution in [-0.4, -0.2) is 42.7 Å². The topological polar surface area (TPSA) is 126 Å². The van der Waals surface area contributed by atoms with Crippen LogP contribution in [0.2, 0.25) is 0 Å². The molecule has 0 aliphatic carbocycles. The molecular weight excluding hydrogens is 417 g/mol. The summed E-state index contributed by atoms with van der Waals surface area (Å²) < 4.78 is 45.2. The molecule has 0 radical (unpaired) electrons. The summed E-state index contributed by atoms with van der Waals surface area (Å²) in [6, 6.07) is 8.71. The van der Waals surface area contributed by atoms with Gasteiger partial charge in [-0.2, -0.15) is 0 Å². The number of amides is 1. The molecule has 0 aliphatic heterocycles. The van der Waals surface area contributed by atoms with E-state index in [4.69, 9.17) is 9.84 Å². The lowest BCUT2D eigenvalue weighted by Gasteiger charge is -2.26. The number of ether oxygens (including phenoxy) is 1. The summed E-state index contributed by atoms with van der Waals surface area (Å²) in [7, 11) is -3.92. The van der Waals surface area contributed by atoms with Crippen molar-refractivity contribution in [3.05, 3.63) is 54.0 Å². The minimum atomic E-state index is -3.92. The van der Waals surface area contributed by atoms with Crippen molar-refractivity contribution in [3.63, 3.8) is 0 Å². The number of carbonyl (C=O) groups excluding carboxylic acids is 1. The van der Waals surface area contributed by atoms with Crippen molar-refractivity contribution >= 4 is 27.9 Å². The predicted octanol–water partition coefficient (Wildman–Crippen LogP) is 2.53. The lowest BCUT2D eigenvalue weighted by molar-refractivity contribution is -0.135. The van der Waals surface area contributed by atoms with Crippen molar-refractivity contribution in [2.45, 2.75) is 37.8 Å². The van der Waals surface area contributed by atoms with E-state index in [1.165, 1.54) is 18.2 Å². The number of pyridine rings is 1. The number of carboxylic acids is 1. The van der Waals surface area contributed by atoms with Gasteiger partial charge in [-0.3, -0.25) is 9.69 Å². The van der Waals surface area contributed by atoms with Gasteiger partial charge < -0.3 is 9.84 Å². The van der Waals surface area contributed by atoms with Gasteiger partial charge in [0, 0.05) is 0 Å². The summed E-state index contributed by atoms with van der Waals surface area (Å²) >= 11 is 0. The third-order valence-electron chi connectivity index (χ3n) is 3.54.